The summed E-state index contributed by atoms with van der Waals surface area (Å²) in [6.45, 7) is 0.295. The molecule has 0 fully saturated rings. The number of rotatable bonds is 4. The zero-order valence-corrected chi connectivity index (χ0v) is 15.3. The van der Waals surface area contributed by atoms with Crippen molar-refractivity contribution >= 4 is 36.6 Å². The number of hydrogen-bond donors (Lipinski definition) is 2. The summed E-state index contributed by atoms with van der Waals surface area (Å²) in [6.07, 6.45) is 0. The number of carbonyl (C=O) groups is 2. The predicted molar refractivity (Wildman–Crippen MR) is 100.0 cm³/mol. The summed E-state index contributed by atoms with van der Waals surface area (Å²) in [6, 6.07) is 15.4. The summed E-state index contributed by atoms with van der Waals surface area (Å²) in [5.74, 6) is -0.777. The molecule has 5 nitrogen and oxygen atoms in total. The molecular weight excluding hydrogens is 356 g/mol. The lowest BCUT2D eigenvalue weighted by Gasteiger charge is -2.26. The molecule has 0 spiro atoms. The summed E-state index contributed by atoms with van der Waals surface area (Å²) >= 11 is 5.71. The number of nitrogens with one attached hydrogen (secondary N) is 1. The van der Waals surface area contributed by atoms with Crippen LogP contribution in [0.5, 0.6) is 0 Å². The second-order valence-corrected chi connectivity index (χ2v) is 7.02. The van der Waals surface area contributed by atoms with Gasteiger partial charge in [0, 0.05) is 16.8 Å². The lowest BCUT2D eigenvalue weighted by atomic mass is 9.91. The molecule has 0 aliphatic carbocycles. The molecule has 130 valence electrons. The maximum Gasteiger partial charge on any atom is 0.327 e. The standard InChI is InChI=1S/C18H18N2O3S2/c1-19-18(22)20(24)10-11-23-17(21)16-12-6-2-4-8-14(12)25-15-9-5-3-7-13(15)16/h2-9,16,24H,10-11H2,1H3,(H,19,22). The maximum absolute atomic E-state index is 12.8. The molecule has 0 saturated heterocycles. The highest BCUT2D eigenvalue weighted by Gasteiger charge is 2.32. The fourth-order valence-electron chi connectivity index (χ4n) is 2.71. The van der Waals surface area contributed by atoms with Gasteiger partial charge in [-0.2, -0.15) is 0 Å². The van der Waals surface area contributed by atoms with Crippen LogP contribution in [-0.4, -0.2) is 36.5 Å². The molecule has 7 heteroatoms. The van der Waals surface area contributed by atoms with E-state index in [-0.39, 0.29) is 25.2 Å². The largest absolute Gasteiger partial charge is 0.463 e. The molecule has 0 aromatic heterocycles. The van der Waals surface area contributed by atoms with Gasteiger partial charge in [-0.25, -0.2) is 4.79 Å². The van der Waals surface area contributed by atoms with E-state index in [1.807, 2.05) is 48.5 Å². The van der Waals surface area contributed by atoms with Crippen molar-refractivity contribution in [3.63, 3.8) is 0 Å². The Kier molecular flexibility index (Phi) is 5.55. The van der Waals surface area contributed by atoms with Gasteiger partial charge in [0.05, 0.1) is 6.54 Å². The minimum absolute atomic E-state index is 0.0870. The number of benzene rings is 2. The topological polar surface area (TPSA) is 58.6 Å². The molecule has 1 aliphatic rings. The number of nitrogens with zero attached hydrogens (tertiary/aromatic N) is 1. The van der Waals surface area contributed by atoms with Crippen LogP contribution in [0.2, 0.25) is 0 Å². The number of fused-ring (bicyclic) bond motifs is 2. The number of amides is 2. The number of urea groups is 1. The summed E-state index contributed by atoms with van der Waals surface area (Å²) in [7, 11) is 1.52. The van der Waals surface area contributed by atoms with Crippen molar-refractivity contribution in [2.75, 3.05) is 20.2 Å². The normalized spacial score (nSPS) is 12.7. The highest BCUT2D eigenvalue weighted by atomic mass is 32.2. The van der Waals surface area contributed by atoms with Crippen molar-refractivity contribution in [2.45, 2.75) is 15.7 Å². The van der Waals surface area contributed by atoms with E-state index in [9.17, 15) is 9.59 Å². The molecule has 2 amide bonds. The van der Waals surface area contributed by atoms with Crippen LogP contribution in [-0.2, 0) is 9.53 Å². The first-order valence-corrected chi connectivity index (χ1v) is 9.04. The van der Waals surface area contributed by atoms with Gasteiger partial charge in [0.2, 0.25) is 0 Å². The molecule has 0 bridgehead atoms. The van der Waals surface area contributed by atoms with Crippen LogP contribution in [0.25, 0.3) is 0 Å². The van der Waals surface area contributed by atoms with Crippen molar-refractivity contribution in [1.82, 2.24) is 9.62 Å². The van der Waals surface area contributed by atoms with Crippen LogP contribution in [0, 0.1) is 0 Å². The molecule has 1 heterocycles. The zero-order chi connectivity index (χ0) is 17.8. The van der Waals surface area contributed by atoms with E-state index < -0.39 is 5.92 Å². The van der Waals surface area contributed by atoms with Crippen LogP contribution < -0.4 is 5.32 Å². The third-order valence-corrected chi connectivity index (χ3v) is 5.48. The number of esters is 1. The first-order chi connectivity index (χ1) is 12.1. The molecule has 0 unspecified atom stereocenters. The van der Waals surface area contributed by atoms with Crippen LogP contribution in [0.1, 0.15) is 17.0 Å². The summed E-state index contributed by atoms with van der Waals surface area (Å²) < 4.78 is 6.61. The van der Waals surface area contributed by atoms with Crippen molar-refractivity contribution in [1.29, 1.82) is 0 Å². The Bertz CT molecular complexity index is 752. The van der Waals surface area contributed by atoms with E-state index in [0.717, 1.165) is 20.9 Å². The Hall–Kier alpha value is -2.12. The predicted octanol–water partition coefficient (Wildman–Crippen LogP) is 3.31. The molecule has 3 rings (SSSR count). The number of carbonyl (C=O) groups excluding carboxylic acids is 2. The quantitative estimate of drug-likeness (QED) is 0.637. The monoisotopic (exact) mass is 374 g/mol. The van der Waals surface area contributed by atoms with Crippen LogP contribution in [0.4, 0.5) is 4.79 Å². The Morgan fingerprint density at radius 2 is 1.68 bits per heavy atom. The number of hydrogen-bond acceptors (Lipinski definition) is 5. The highest BCUT2D eigenvalue weighted by molar-refractivity contribution is 7.99. The van der Waals surface area contributed by atoms with Gasteiger partial charge in [0.1, 0.15) is 12.5 Å². The molecule has 0 saturated carbocycles. The van der Waals surface area contributed by atoms with Crippen molar-refractivity contribution in [2.24, 2.45) is 0 Å². The van der Waals surface area contributed by atoms with Gasteiger partial charge in [0.25, 0.3) is 0 Å². The first-order valence-electron chi connectivity index (χ1n) is 7.82. The summed E-state index contributed by atoms with van der Waals surface area (Å²) in [4.78, 5) is 26.3. The molecule has 2 aromatic carbocycles. The van der Waals surface area contributed by atoms with E-state index >= 15 is 0 Å². The molecule has 0 radical (unpaired) electrons. The van der Waals surface area contributed by atoms with Crippen molar-refractivity contribution < 1.29 is 14.3 Å². The van der Waals surface area contributed by atoms with E-state index in [1.54, 1.807) is 11.8 Å². The minimum atomic E-state index is -0.456. The summed E-state index contributed by atoms with van der Waals surface area (Å²) in [5, 5.41) is 2.46. The number of thiol groups is 1. The molecule has 1 N–H and O–H groups in total. The van der Waals surface area contributed by atoms with E-state index in [0.29, 0.717) is 0 Å². The molecular formula is C18H18N2O3S2. The SMILES string of the molecule is CNC(=O)N(S)CCOC(=O)C1c2ccccc2Sc2ccccc21. The van der Waals surface area contributed by atoms with Gasteiger partial charge in [0.15, 0.2) is 0 Å². The van der Waals surface area contributed by atoms with Gasteiger partial charge in [-0.05, 0) is 23.3 Å². The zero-order valence-electron chi connectivity index (χ0n) is 13.6. The average Bonchev–Trinajstić information content (AvgIpc) is 2.65. The van der Waals surface area contributed by atoms with E-state index in [4.69, 9.17) is 4.74 Å². The Labute approximate surface area is 156 Å². The third kappa shape index (κ3) is 3.77. The van der Waals surface area contributed by atoms with Gasteiger partial charge in [-0.1, -0.05) is 61.0 Å². The lowest BCUT2D eigenvalue weighted by Crippen LogP contribution is -2.34. The van der Waals surface area contributed by atoms with Gasteiger partial charge in [-0.15, -0.1) is 0 Å². The van der Waals surface area contributed by atoms with Crippen LogP contribution in [0.3, 0.4) is 0 Å². The van der Waals surface area contributed by atoms with Crippen molar-refractivity contribution in [3.05, 3.63) is 59.7 Å². The number of ether oxygens (including phenoxy) is 1. The van der Waals surface area contributed by atoms with Crippen molar-refractivity contribution in [3.8, 4) is 0 Å². The van der Waals surface area contributed by atoms with Crippen LogP contribution >= 0.6 is 24.6 Å². The Morgan fingerprint density at radius 3 is 2.24 bits per heavy atom. The van der Waals surface area contributed by atoms with E-state index in [1.165, 1.54) is 11.4 Å². The Balaban J connectivity index is 1.77. The maximum atomic E-state index is 12.8. The fraction of sp³-hybridized carbons (Fsp3) is 0.222. The molecule has 1 aliphatic heterocycles. The molecule has 25 heavy (non-hydrogen) atoms. The van der Waals surface area contributed by atoms with Gasteiger partial charge < -0.3 is 10.1 Å². The van der Waals surface area contributed by atoms with E-state index in [2.05, 4.69) is 18.1 Å². The van der Waals surface area contributed by atoms with Crippen LogP contribution in [0.15, 0.2) is 58.3 Å². The summed E-state index contributed by atoms with van der Waals surface area (Å²) in [5.41, 5.74) is 1.90. The minimum Gasteiger partial charge on any atom is -0.463 e. The third-order valence-electron chi connectivity index (χ3n) is 3.91. The average molecular weight is 374 g/mol. The fourth-order valence-corrected chi connectivity index (χ4v) is 4.03. The first kappa shape index (κ1) is 17.7. The molecule has 2 aromatic rings. The second kappa shape index (κ2) is 7.84. The van der Waals surface area contributed by atoms with Gasteiger partial charge >= 0.3 is 12.0 Å². The molecule has 0 atom stereocenters. The smallest absolute Gasteiger partial charge is 0.327 e. The highest BCUT2D eigenvalue weighted by Crippen LogP contribution is 2.45. The lowest BCUT2D eigenvalue weighted by molar-refractivity contribution is -0.144. The second-order valence-electron chi connectivity index (χ2n) is 5.46. The Morgan fingerprint density at radius 1 is 1.12 bits per heavy atom. The van der Waals surface area contributed by atoms with Gasteiger partial charge in [-0.3, -0.25) is 9.10 Å².